The van der Waals surface area contributed by atoms with Gasteiger partial charge in [-0.2, -0.15) is 0 Å². The summed E-state index contributed by atoms with van der Waals surface area (Å²) >= 11 is 0. The number of benzene rings is 2. The third-order valence-electron chi connectivity index (χ3n) is 6.86. The topological polar surface area (TPSA) is 94.6 Å². The van der Waals surface area contributed by atoms with Crippen LogP contribution >= 0.6 is 0 Å². The Balaban J connectivity index is 1.90. The Morgan fingerprint density at radius 3 is 2.47 bits per heavy atom. The van der Waals surface area contributed by atoms with Gasteiger partial charge in [0, 0.05) is 24.0 Å². The van der Waals surface area contributed by atoms with E-state index in [1.54, 1.807) is 12.1 Å². The average Bonchev–Trinajstić information content (AvgIpc) is 2.76. The maximum Gasteiger partial charge on any atom is 0.248 e. The van der Waals surface area contributed by atoms with Crippen LogP contribution in [0.5, 0.6) is 5.75 Å². The number of rotatable bonds is 9. The van der Waals surface area contributed by atoms with E-state index in [2.05, 4.69) is 57.2 Å². The fraction of sp³-hybridized carbons (Fsp3) is 0.444. The van der Waals surface area contributed by atoms with Gasteiger partial charge in [-0.15, -0.1) is 0 Å². The van der Waals surface area contributed by atoms with E-state index in [4.69, 9.17) is 4.43 Å². The number of aromatic hydroxyl groups is 1. The number of pyridine rings is 1. The fourth-order valence-electron chi connectivity index (χ4n) is 3.88. The van der Waals surface area contributed by atoms with Gasteiger partial charge in [-0.25, -0.2) is 0 Å². The van der Waals surface area contributed by atoms with Crippen molar-refractivity contribution in [2.75, 3.05) is 6.54 Å². The third kappa shape index (κ3) is 6.15. The minimum atomic E-state index is -2.12. The molecule has 34 heavy (non-hydrogen) atoms. The first-order valence-electron chi connectivity index (χ1n) is 11.9. The Labute approximate surface area is 203 Å². The first kappa shape index (κ1) is 26.2. The minimum absolute atomic E-state index is 0.0304. The Hall–Kier alpha value is -2.45. The van der Waals surface area contributed by atoms with E-state index in [-0.39, 0.29) is 35.1 Å². The van der Waals surface area contributed by atoms with Crippen LogP contribution in [-0.4, -0.2) is 36.1 Å². The molecule has 0 aliphatic heterocycles. The molecular weight excluding hydrogens is 444 g/mol. The molecule has 6 nitrogen and oxygen atoms in total. The van der Waals surface area contributed by atoms with Crippen LogP contribution in [0.2, 0.25) is 18.1 Å². The summed E-state index contributed by atoms with van der Waals surface area (Å²) in [6, 6.07) is 14.9. The smallest absolute Gasteiger partial charge is 0.248 e. The van der Waals surface area contributed by atoms with E-state index in [0.717, 1.165) is 22.9 Å². The Morgan fingerprint density at radius 1 is 1.09 bits per heavy atom. The molecule has 0 radical (unpaired) electrons. The van der Waals surface area contributed by atoms with Crippen LogP contribution in [0.4, 0.5) is 0 Å². The van der Waals surface area contributed by atoms with E-state index >= 15 is 0 Å². The zero-order valence-corrected chi connectivity index (χ0v) is 22.1. The number of aliphatic hydroxyl groups is 1. The fourth-order valence-corrected chi connectivity index (χ4v) is 5.15. The quantitative estimate of drug-likeness (QED) is 0.322. The number of phenolic OH excluding ortho intramolecular Hbond substituents is 1. The standard InChI is InChI=1S/C27H38N2O4Si/c1-18(14-19-8-7-9-20(15-19)17-30)28-16-24(33-34(5,6)27(2,3)4)21-10-12-23(31)26-22(21)11-13-25(32)29-26/h7-13,15,18,24,28,30-31H,14,16-17H2,1-6H3,(H,29,32)/t18?,24-/m0/s1. The highest BCUT2D eigenvalue weighted by atomic mass is 28.4. The summed E-state index contributed by atoms with van der Waals surface area (Å²) in [4.78, 5) is 14.7. The van der Waals surface area contributed by atoms with Crippen LogP contribution in [0.25, 0.3) is 10.9 Å². The lowest BCUT2D eigenvalue weighted by molar-refractivity contribution is 0.177. The molecule has 4 N–H and O–H groups in total. The van der Waals surface area contributed by atoms with Crippen molar-refractivity contribution in [3.05, 3.63) is 75.6 Å². The molecule has 1 unspecified atom stereocenters. The molecule has 0 aliphatic rings. The normalized spacial score (nSPS) is 14.3. The molecule has 1 heterocycles. The van der Waals surface area contributed by atoms with Crippen LogP contribution in [0.1, 0.15) is 50.5 Å². The first-order chi connectivity index (χ1) is 15.9. The Morgan fingerprint density at radius 2 is 1.79 bits per heavy atom. The number of H-pyrrole nitrogens is 1. The van der Waals surface area contributed by atoms with Gasteiger partial charge in [0.15, 0.2) is 8.32 Å². The van der Waals surface area contributed by atoms with Gasteiger partial charge in [0.2, 0.25) is 5.56 Å². The molecule has 0 saturated heterocycles. The summed E-state index contributed by atoms with van der Waals surface area (Å²) in [5, 5.41) is 24.2. The molecular formula is C27H38N2O4Si. The van der Waals surface area contributed by atoms with Crippen LogP contribution in [-0.2, 0) is 17.5 Å². The first-order valence-corrected chi connectivity index (χ1v) is 14.8. The molecule has 3 aromatic rings. The molecule has 184 valence electrons. The summed E-state index contributed by atoms with van der Waals surface area (Å²) < 4.78 is 6.87. The van der Waals surface area contributed by atoms with Crippen molar-refractivity contribution in [3.63, 3.8) is 0 Å². The third-order valence-corrected chi connectivity index (χ3v) is 11.4. The lowest BCUT2D eigenvalue weighted by Gasteiger charge is -2.40. The highest BCUT2D eigenvalue weighted by molar-refractivity contribution is 6.74. The van der Waals surface area contributed by atoms with E-state index in [1.807, 2.05) is 24.3 Å². The SMILES string of the molecule is CC(Cc1cccc(CO)c1)NC[C@H](O[Si](C)(C)C(C)(C)C)c1ccc(O)c2[nH]c(=O)ccc12. The maximum absolute atomic E-state index is 11.9. The predicted octanol–water partition coefficient (Wildman–Crippen LogP) is 5.01. The predicted molar refractivity (Wildman–Crippen MR) is 141 cm³/mol. The second kappa shape index (κ2) is 10.4. The molecule has 0 fully saturated rings. The number of aromatic nitrogens is 1. The van der Waals surface area contributed by atoms with Crippen LogP contribution in [0.3, 0.4) is 0 Å². The number of aliphatic hydroxyl groups excluding tert-OH is 1. The van der Waals surface area contributed by atoms with Gasteiger partial charge in [-0.05, 0) is 60.3 Å². The number of hydrogen-bond donors (Lipinski definition) is 4. The van der Waals surface area contributed by atoms with Gasteiger partial charge < -0.3 is 24.9 Å². The number of nitrogens with one attached hydrogen (secondary N) is 2. The van der Waals surface area contributed by atoms with Crippen LogP contribution < -0.4 is 10.9 Å². The second-order valence-corrected chi connectivity index (χ2v) is 15.4. The van der Waals surface area contributed by atoms with Crippen molar-refractivity contribution in [1.29, 1.82) is 0 Å². The Kier molecular flexibility index (Phi) is 8.03. The molecule has 0 spiro atoms. The molecule has 0 saturated carbocycles. The van der Waals surface area contributed by atoms with Gasteiger partial charge in [0.05, 0.1) is 18.2 Å². The van der Waals surface area contributed by atoms with E-state index in [1.165, 1.54) is 11.6 Å². The molecule has 0 aliphatic carbocycles. The summed E-state index contributed by atoms with van der Waals surface area (Å²) in [7, 11) is -2.12. The van der Waals surface area contributed by atoms with Crippen molar-refractivity contribution >= 4 is 19.2 Å². The average molecular weight is 483 g/mol. The summed E-state index contributed by atoms with van der Waals surface area (Å²) in [6.45, 7) is 13.9. The molecule has 2 atom stereocenters. The molecule has 7 heteroatoms. The molecule has 2 aromatic carbocycles. The van der Waals surface area contributed by atoms with Crippen LogP contribution in [0, 0.1) is 0 Å². The van der Waals surface area contributed by atoms with E-state index in [9.17, 15) is 15.0 Å². The number of fused-ring (bicyclic) bond motifs is 1. The maximum atomic E-state index is 11.9. The summed E-state index contributed by atoms with van der Waals surface area (Å²) in [6.07, 6.45) is 0.575. The van der Waals surface area contributed by atoms with Gasteiger partial charge in [0.1, 0.15) is 5.75 Å². The zero-order chi connectivity index (χ0) is 25.1. The van der Waals surface area contributed by atoms with Crippen molar-refractivity contribution in [3.8, 4) is 5.75 Å². The summed E-state index contributed by atoms with van der Waals surface area (Å²) in [5.74, 6) is 0.0487. The zero-order valence-electron chi connectivity index (χ0n) is 21.1. The largest absolute Gasteiger partial charge is 0.506 e. The van der Waals surface area contributed by atoms with Crippen molar-refractivity contribution in [1.82, 2.24) is 10.3 Å². The highest BCUT2D eigenvalue weighted by Crippen LogP contribution is 2.41. The highest BCUT2D eigenvalue weighted by Gasteiger charge is 2.39. The monoisotopic (exact) mass is 482 g/mol. The molecule has 1 aromatic heterocycles. The van der Waals surface area contributed by atoms with Crippen molar-refractivity contribution in [2.45, 2.75) is 71.0 Å². The number of phenols is 1. The van der Waals surface area contributed by atoms with Gasteiger partial charge in [-0.1, -0.05) is 51.1 Å². The number of hydrogen-bond acceptors (Lipinski definition) is 5. The number of aromatic amines is 1. The molecule has 0 amide bonds. The molecule has 0 bridgehead atoms. The van der Waals surface area contributed by atoms with Gasteiger partial charge >= 0.3 is 0 Å². The lowest BCUT2D eigenvalue weighted by atomic mass is 10.0. The van der Waals surface area contributed by atoms with Crippen molar-refractivity contribution < 1.29 is 14.6 Å². The van der Waals surface area contributed by atoms with E-state index in [0.29, 0.717) is 12.1 Å². The minimum Gasteiger partial charge on any atom is -0.506 e. The van der Waals surface area contributed by atoms with E-state index < -0.39 is 8.32 Å². The van der Waals surface area contributed by atoms with Crippen molar-refractivity contribution in [2.24, 2.45) is 0 Å². The molecule has 3 rings (SSSR count). The van der Waals surface area contributed by atoms with Crippen LogP contribution in [0.15, 0.2) is 53.3 Å². The van der Waals surface area contributed by atoms with Gasteiger partial charge in [0.25, 0.3) is 0 Å². The van der Waals surface area contributed by atoms with Gasteiger partial charge in [-0.3, -0.25) is 4.79 Å². The second-order valence-electron chi connectivity index (χ2n) is 10.6. The lowest BCUT2D eigenvalue weighted by Crippen LogP contribution is -2.44. The Bertz CT molecular complexity index is 1180. The summed E-state index contributed by atoms with van der Waals surface area (Å²) in [5.41, 5.74) is 3.20.